The lowest BCUT2D eigenvalue weighted by Crippen LogP contribution is -2.48. The molecule has 0 spiro atoms. The maximum atomic E-state index is 12.9. The van der Waals surface area contributed by atoms with Gasteiger partial charge in [0.1, 0.15) is 0 Å². The van der Waals surface area contributed by atoms with Crippen molar-refractivity contribution in [3.8, 4) is 0 Å². The molecule has 2 fully saturated rings. The predicted molar refractivity (Wildman–Crippen MR) is 112 cm³/mol. The largest absolute Gasteiger partial charge is 0.338 e. The lowest BCUT2D eigenvalue weighted by Gasteiger charge is -2.36. The van der Waals surface area contributed by atoms with Crippen LogP contribution in [0.3, 0.4) is 0 Å². The Bertz CT molecular complexity index is 850. The molecule has 0 N–H and O–H groups in total. The summed E-state index contributed by atoms with van der Waals surface area (Å²) in [6, 6.07) is 18.0. The Morgan fingerprint density at radius 2 is 1.61 bits per heavy atom. The fourth-order valence-corrected chi connectivity index (χ4v) is 4.53. The number of nitrogens with zero attached hydrogens (tertiary/aromatic N) is 3. The number of hydrogen-bond donors (Lipinski definition) is 0. The van der Waals surface area contributed by atoms with Crippen LogP contribution in [0.5, 0.6) is 0 Å². The topological polar surface area (TPSA) is 43.9 Å². The van der Waals surface area contributed by atoms with Crippen molar-refractivity contribution in [2.45, 2.75) is 25.4 Å². The van der Waals surface area contributed by atoms with Crippen LogP contribution in [0.15, 0.2) is 59.1 Å². The lowest BCUT2D eigenvalue weighted by molar-refractivity contribution is 0.0662. The van der Waals surface area contributed by atoms with Gasteiger partial charge in [0.2, 0.25) is 0 Å². The standard InChI is InChI=1S/C22H24BrN3O2/c23-20-9-5-4-8-19(20)21(27)24-12-10-18(11-13-24)26-15-14-25(22(26)28)16-17-6-2-1-3-7-17/h1-9,18H,10-16H2. The molecule has 2 saturated heterocycles. The van der Waals surface area contributed by atoms with Gasteiger partial charge in [0.05, 0.1) is 5.56 Å². The van der Waals surface area contributed by atoms with Crippen LogP contribution in [-0.4, -0.2) is 58.9 Å². The van der Waals surface area contributed by atoms with E-state index in [2.05, 4.69) is 28.1 Å². The first-order valence-corrected chi connectivity index (χ1v) is 10.6. The maximum Gasteiger partial charge on any atom is 0.320 e. The number of urea groups is 1. The van der Waals surface area contributed by atoms with Crippen LogP contribution in [-0.2, 0) is 6.54 Å². The van der Waals surface area contributed by atoms with E-state index in [0.717, 1.165) is 36.0 Å². The van der Waals surface area contributed by atoms with Crippen LogP contribution in [0.1, 0.15) is 28.8 Å². The molecule has 2 aliphatic rings. The molecular weight excluding hydrogens is 418 g/mol. The van der Waals surface area contributed by atoms with Crippen molar-refractivity contribution in [2.75, 3.05) is 26.2 Å². The summed E-state index contributed by atoms with van der Waals surface area (Å²) < 4.78 is 0.827. The zero-order chi connectivity index (χ0) is 19.5. The van der Waals surface area contributed by atoms with E-state index in [1.54, 1.807) is 0 Å². The number of amides is 3. The van der Waals surface area contributed by atoms with Gasteiger partial charge in [-0.25, -0.2) is 4.79 Å². The molecule has 4 rings (SSSR count). The summed E-state index contributed by atoms with van der Waals surface area (Å²) in [4.78, 5) is 31.5. The number of benzene rings is 2. The average molecular weight is 442 g/mol. The highest BCUT2D eigenvalue weighted by atomic mass is 79.9. The van der Waals surface area contributed by atoms with E-state index < -0.39 is 0 Å². The molecule has 0 aromatic heterocycles. The van der Waals surface area contributed by atoms with Crippen molar-refractivity contribution in [1.29, 1.82) is 0 Å². The highest BCUT2D eigenvalue weighted by Gasteiger charge is 2.36. The fourth-order valence-electron chi connectivity index (χ4n) is 4.08. The Balaban J connectivity index is 1.33. The number of carbonyl (C=O) groups is 2. The van der Waals surface area contributed by atoms with Crippen molar-refractivity contribution in [2.24, 2.45) is 0 Å². The minimum atomic E-state index is 0.0596. The van der Waals surface area contributed by atoms with Gasteiger partial charge in [-0.05, 0) is 46.5 Å². The van der Waals surface area contributed by atoms with Gasteiger partial charge in [0.15, 0.2) is 0 Å². The lowest BCUT2D eigenvalue weighted by atomic mass is 10.0. The summed E-state index contributed by atoms with van der Waals surface area (Å²) >= 11 is 3.46. The highest BCUT2D eigenvalue weighted by Crippen LogP contribution is 2.25. The molecule has 28 heavy (non-hydrogen) atoms. The highest BCUT2D eigenvalue weighted by molar-refractivity contribution is 9.10. The third kappa shape index (κ3) is 3.92. The fraction of sp³-hybridized carbons (Fsp3) is 0.364. The Morgan fingerprint density at radius 3 is 2.32 bits per heavy atom. The van der Waals surface area contributed by atoms with Crippen LogP contribution < -0.4 is 0 Å². The Kier molecular flexibility index (Phi) is 5.67. The molecule has 0 aliphatic carbocycles. The zero-order valence-electron chi connectivity index (χ0n) is 15.8. The number of rotatable bonds is 4. The SMILES string of the molecule is O=C(c1ccccc1Br)N1CCC(N2CCN(Cc3ccccc3)C2=O)CC1. The third-order valence-electron chi connectivity index (χ3n) is 5.64. The van der Waals surface area contributed by atoms with E-state index in [1.807, 2.05) is 57.2 Å². The van der Waals surface area contributed by atoms with Gasteiger partial charge < -0.3 is 14.7 Å². The van der Waals surface area contributed by atoms with Gasteiger partial charge in [0.25, 0.3) is 5.91 Å². The summed E-state index contributed by atoms with van der Waals surface area (Å²) in [7, 11) is 0. The number of piperidine rings is 1. The number of likely N-dealkylation sites (tertiary alicyclic amines) is 1. The molecule has 146 valence electrons. The van der Waals surface area contributed by atoms with E-state index in [4.69, 9.17) is 0 Å². The minimum Gasteiger partial charge on any atom is -0.338 e. The number of halogens is 1. The second kappa shape index (κ2) is 8.35. The van der Waals surface area contributed by atoms with E-state index in [-0.39, 0.29) is 18.0 Å². The molecule has 0 radical (unpaired) electrons. The van der Waals surface area contributed by atoms with Gasteiger partial charge in [-0.2, -0.15) is 0 Å². The minimum absolute atomic E-state index is 0.0596. The number of carbonyl (C=O) groups excluding carboxylic acids is 2. The van der Waals surface area contributed by atoms with Crippen LogP contribution in [0.25, 0.3) is 0 Å². The molecule has 2 aliphatic heterocycles. The summed E-state index contributed by atoms with van der Waals surface area (Å²) in [6.07, 6.45) is 1.67. The quantitative estimate of drug-likeness (QED) is 0.719. The first kappa shape index (κ1) is 19.0. The second-order valence-electron chi connectivity index (χ2n) is 7.39. The average Bonchev–Trinajstić information content (AvgIpc) is 3.09. The molecule has 2 aromatic carbocycles. The van der Waals surface area contributed by atoms with E-state index in [1.165, 1.54) is 0 Å². The van der Waals surface area contributed by atoms with E-state index in [9.17, 15) is 9.59 Å². The molecule has 0 bridgehead atoms. The van der Waals surface area contributed by atoms with Gasteiger partial charge in [0, 0.05) is 43.2 Å². The van der Waals surface area contributed by atoms with E-state index >= 15 is 0 Å². The predicted octanol–water partition coefficient (Wildman–Crippen LogP) is 3.99. The summed E-state index contributed by atoms with van der Waals surface area (Å²) in [6.45, 7) is 3.58. The van der Waals surface area contributed by atoms with Crippen molar-refractivity contribution >= 4 is 27.9 Å². The van der Waals surface area contributed by atoms with Gasteiger partial charge in [-0.1, -0.05) is 42.5 Å². The monoisotopic (exact) mass is 441 g/mol. The van der Waals surface area contributed by atoms with Crippen LogP contribution >= 0.6 is 15.9 Å². The van der Waals surface area contributed by atoms with Crippen LogP contribution in [0, 0.1) is 0 Å². The van der Waals surface area contributed by atoms with Gasteiger partial charge >= 0.3 is 6.03 Å². The van der Waals surface area contributed by atoms with Gasteiger partial charge in [-0.3, -0.25) is 4.79 Å². The van der Waals surface area contributed by atoms with Crippen LogP contribution in [0.4, 0.5) is 4.79 Å². The molecule has 5 nitrogen and oxygen atoms in total. The van der Waals surface area contributed by atoms with Crippen molar-refractivity contribution in [3.05, 3.63) is 70.2 Å². The smallest absolute Gasteiger partial charge is 0.320 e. The molecule has 3 amide bonds. The van der Waals surface area contributed by atoms with E-state index in [0.29, 0.717) is 25.2 Å². The Hall–Kier alpha value is -2.34. The molecule has 2 aromatic rings. The summed E-state index contributed by atoms with van der Waals surface area (Å²) in [5, 5.41) is 0. The van der Waals surface area contributed by atoms with Crippen molar-refractivity contribution in [1.82, 2.24) is 14.7 Å². The molecule has 0 unspecified atom stereocenters. The zero-order valence-corrected chi connectivity index (χ0v) is 17.3. The normalized spacial score (nSPS) is 18.0. The third-order valence-corrected chi connectivity index (χ3v) is 6.33. The second-order valence-corrected chi connectivity index (χ2v) is 8.24. The van der Waals surface area contributed by atoms with Crippen molar-refractivity contribution < 1.29 is 9.59 Å². The van der Waals surface area contributed by atoms with Crippen LogP contribution in [0.2, 0.25) is 0 Å². The molecular formula is C22H24BrN3O2. The molecule has 2 heterocycles. The first-order chi connectivity index (χ1) is 13.6. The Morgan fingerprint density at radius 1 is 0.929 bits per heavy atom. The molecule has 0 saturated carbocycles. The van der Waals surface area contributed by atoms with Gasteiger partial charge in [-0.15, -0.1) is 0 Å². The summed E-state index contributed by atoms with van der Waals surface area (Å²) in [5.74, 6) is 0.0596. The maximum absolute atomic E-state index is 12.9. The Labute approximate surface area is 174 Å². The van der Waals surface area contributed by atoms with Crippen molar-refractivity contribution in [3.63, 3.8) is 0 Å². The number of hydrogen-bond acceptors (Lipinski definition) is 2. The molecule has 0 atom stereocenters. The first-order valence-electron chi connectivity index (χ1n) is 9.77. The summed E-state index contributed by atoms with van der Waals surface area (Å²) in [5.41, 5.74) is 1.86. The molecule has 6 heteroatoms.